The minimum absolute atomic E-state index is 0.0335. The van der Waals surface area contributed by atoms with Gasteiger partial charge in [-0.3, -0.25) is 0 Å². The first kappa shape index (κ1) is 16.5. The van der Waals surface area contributed by atoms with Gasteiger partial charge in [0.25, 0.3) is 0 Å². The number of aliphatic hydroxyl groups excluding tert-OH is 2. The molecule has 0 aliphatic heterocycles. The zero-order chi connectivity index (χ0) is 15.6. The molecule has 0 saturated carbocycles. The van der Waals surface area contributed by atoms with E-state index in [9.17, 15) is 9.90 Å². The highest BCUT2D eigenvalue weighted by Crippen LogP contribution is 2.40. The molecular formula is C14H14Br2O5. The minimum Gasteiger partial charge on any atom is -0.491 e. The van der Waals surface area contributed by atoms with Crippen molar-refractivity contribution in [2.24, 2.45) is 0 Å². The molecule has 2 N–H and O–H groups in total. The summed E-state index contributed by atoms with van der Waals surface area (Å²) in [4.78, 5) is 11.8. The van der Waals surface area contributed by atoms with Crippen molar-refractivity contribution in [3.8, 4) is 5.75 Å². The highest BCUT2D eigenvalue weighted by Gasteiger charge is 2.18. The minimum atomic E-state index is -0.490. The van der Waals surface area contributed by atoms with Gasteiger partial charge in [-0.1, -0.05) is 0 Å². The van der Waals surface area contributed by atoms with E-state index in [0.717, 1.165) is 0 Å². The maximum atomic E-state index is 11.8. The predicted octanol–water partition coefficient (Wildman–Crippen LogP) is 2.88. The topological polar surface area (TPSA) is 79.9 Å². The van der Waals surface area contributed by atoms with Crippen LogP contribution in [0.3, 0.4) is 0 Å². The molecule has 21 heavy (non-hydrogen) atoms. The van der Waals surface area contributed by atoms with Crippen molar-refractivity contribution in [1.29, 1.82) is 0 Å². The molecule has 0 bridgehead atoms. The van der Waals surface area contributed by atoms with E-state index in [1.807, 2.05) is 0 Å². The van der Waals surface area contributed by atoms with E-state index < -0.39 is 5.63 Å². The van der Waals surface area contributed by atoms with Gasteiger partial charge in [-0.2, -0.15) is 0 Å². The summed E-state index contributed by atoms with van der Waals surface area (Å²) >= 11 is 6.78. The lowest BCUT2D eigenvalue weighted by molar-refractivity contribution is 0.232. The zero-order valence-corrected chi connectivity index (χ0v) is 14.5. The fourth-order valence-electron chi connectivity index (χ4n) is 1.98. The summed E-state index contributed by atoms with van der Waals surface area (Å²) in [5, 5.41) is 18.9. The number of rotatable bonds is 5. The van der Waals surface area contributed by atoms with Crippen LogP contribution < -0.4 is 10.4 Å². The Balaban J connectivity index is 2.66. The van der Waals surface area contributed by atoms with Gasteiger partial charge in [0.1, 0.15) is 4.47 Å². The van der Waals surface area contributed by atoms with Crippen LogP contribution in [0.1, 0.15) is 17.5 Å². The van der Waals surface area contributed by atoms with Crippen molar-refractivity contribution in [3.05, 3.63) is 36.6 Å². The Labute approximate surface area is 137 Å². The molecule has 2 aromatic rings. The Morgan fingerprint density at radius 3 is 2.67 bits per heavy atom. The first-order valence-electron chi connectivity index (χ1n) is 6.30. The number of hydrogen-bond donors (Lipinski definition) is 2. The second-order valence-electron chi connectivity index (χ2n) is 4.45. The Hall–Kier alpha value is -0.890. The monoisotopic (exact) mass is 420 g/mol. The molecule has 1 aromatic heterocycles. The first-order valence-corrected chi connectivity index (χ1v) is 7.88. The normalized spacial score (nSPS) is 11.1. The van der Waals surface area contributed by atoms with Crippen LogP contribution in [0.2, 0.25) is 0 Å². The van der Waals surface area contributed by atoms with E-state index >= 15 is 0 Å². The molecule has 0 spiro atoms. The fraction of sp³-hybridized carbons (Fsp3) is 0.357. The van der Waals surface area contributed by atoms with Gasteiger partial charge in [-0.15, -0.1) is 0 Å². The van der Waals surface area contributed by atoms with Gasteiger partial charge in [0.2, 0.25) is 0 Å². The van der Waals surface area contributed by atoms with Gasteiger partial charge in [0.15, 0.2) is 11.3 Å². The lowest BCUT2D eigenvalue weighted by Gasteiger charge is -2.13. The summed E-state index contributed by atoms with van der Waals surface area (Å²) in [6, 6.07) is 1.75. The van der Waals surface area contributed by atoms with E-state index in [2.05, 4.69) is 31.9 Å². The lowest BCUT2D eigenvalue weighted by Crippen LogP contribution is -2.09. The number of ether oxygens (including phenoxy) is 1. The highest BCUT2D eigenvalue weighted by molar-refractivity contribution is 9.11. The van der Waals surface area contributed by atoms with Crippen LogP contribution in [-0.4, -0.2) is 23.4 Å². The van der Waals surface area contributed by atoms with Crippen LogP contribution in [-0.2, 0) is 6.61 Å². The average molecular weight is 422 g/mol. The van der Waals surface area contributed by atoms with Crippen LogP contribution in [0.15, 0.2) is 24.2 Å². The lowest BCUT2D eigenvalue weighted by atomic mass is 10.1. The Morgan fingerprint density at radius 1 is 1.33 bits per heavy atom. The SMILES string of the molecule is Cc1c(CO)c2cc(Br)c(OCCCO)c(Br)c2oc1=O. The van der Waals surface area contributed by atoms with Gasteiger partial charge < -0.3 is 19.4 Å². The van der Waals surface area contributed by atoms with Crippen LogP contribution in [0.5, 0.6) is 5.75 Å². The molecule has 0 amide bonds. The molecule has 0 radical (unpaired) electrons. The summed E-state index contributed by atoms with van der Waals surface area (Å²) in [6.45, 7) is 1.73. The molecule has 0 aliphatic rings. The summed E-state index contributed by atoms with van der Waals surface area (Å²) in [5.41, 5.74) is 0.759. The number of aliphatic hydroxyl groups is 2. The Bertz CT molecular complexity index is 724. The molecule has 1 aromatic carbocycles. The van der Waals surface area contributed by atoms with Crippen molar-refractivity contribution < 1.29 is 19.4 Å². The van der Waals surface area contributed by atoms with Gasteiger partial charge in [0.05, 0.1) is 17.7 Å². The maximum absolute atomic E-state index is 11.8. The maximum Gasteiger partial charge on any atom is 0.339 e. The van der Waals surface area contributed by atoms with Crippen molar-refractivity contribution in [3.63, 3.8) is 0 Å². The second-order valence-corrected chi connectivity index (χ2v) is 6.10. The van der Waals surface area contributed by atoms with Gasteiger partial charge in [0, 0.05) is 24.0 Å². The van der Waals surface area contributed by atoms with Crippen LogP contribution in [0.25, 0.3) is 11.0 Å². The molecule has 7 heteroatoms. The molecule has 0 unspecified atom stereocenters. The number of benzene rings is 1. The largest absolute Gasteiger partial charge is 0.491 e. The van der Waals surface area contributed by atoms with E-state index in [1.165, 1.54) is 0 Å². The van der Waals surface area contributed by atoms with Gasteiger partial charge in [-0.05, 0) is 50.4 Å². The second kappa shape index (κ2) is 6.91. The van der Waals surface area contributed by atoms with E-state index in [4.69, 9.17) is 14.3 Å². The molecule has 1 heterocycles. The van der Waals surface area contributed by atoms with Crippen molar-refractivity contribution >= 4 is 42.8 Å². The van der Waals surface area contributed by atoms with E-state index in [1.54, 1.807) is 13.0 Å². The smallest absolute Gasteiger partial charge is 0.339 e. The van der Waals surface area contributed by atoms with Crippen molar-refractivity contribution in [2.45, 2.75) is 20.0 Å². The molecular weight excluding hydrogens is 408 g/mol. The van der Waals surface area contributed by atoms with Gasteiger partial charge in [-0.25, -0.2) is 4.79 Å². The summed E-state index contributed by atoms with van der Waals surface area (Å²) in [5.74, 6) is 0.492. The summed E-state index contributed by atoms with van der Waals surface area (Å²) in [6.07, 6.45) is 0.497. The third-order valence-electron chi connectivity index (χ3n) is 3.12. The number of hydrogen-bond acceptors (Lipinski definition) is 5. The van der Waals surface area contributed by atoms with Crippen molar-refractivity contribution in [2.75, 3.05) is 13.2 Å². The standard InChI is InChI=1S/C14H14Br2O5/c1-7-9(6-18)8-5-10(15)13(20-4-2-3-17)11(16)12(8)21-14(7)19/h5,17-18H,2-4,6H2,1H3. The molecule has 0 aliphatic carbocycles. The molecule has 0 saturated heterocycles. The van der Waals surface area contributed by atoms with Crippen molar-refractivity contribution in [1.82, 2.24) is 0 Å². The molecule has 0 fully saturated rings. The first-order chi connectivity index (χ1) is 10.0. The third kappa shape index (κ3) is 3.15. The molecule has 114 valence electrons. The number of halogens is 2. The van der Waals surface area contributed by atoms with E-state index in [0.29, 0.717) is 49.8 Å². The predicted molar refractivity (Wildman–Crippen MR) is 85.7 cm³/mol. The Kier molecular flexibility index (Phi) is 5.43. The zero-order valence-electron chi connectivity index (χ0n) is 11.3. The average Bonchev–Trinajstić information content (AvgIpc) is 2.45. The Morgan fingerprint density at radius 2 is 2.05 bits per heavy atom. The summed E-state index contributed by atoms with van der Waals surface area (Å²) in [7, 11) is 0. The quantitative estimate of drug-likeness (QED) is 0.573. The summed E-state index contributed by atoms with van der Waals surface area (Å²) < 4.78 is 12.1. The van der Waals surface area contributed by atoms with Crippen LogP contribution in [0, 0.1) is 6.92 Å². The number of fused-ring (bicyclic) bond motifs is 1. The molecule has 0 atom stereocenters. The highest BCUT2D eigenvalue weighted by atomic mass is 79.9. The van der Waals surface area contributed by atoms with E-state index in [-0.39, 0.29) is 13.2 Å². The fourth-order valence-corrected chi connectivity index (χ4v) is 3.41. The van der Waals surface area contributed by atoms with Gasteiger partial charge >= 0.3 is 5.63 Å². The van der Waals surface area contributed by atoms with Crippen LogP contribution in [0.4, 0.5) is 0 Å². The van der Waals surface area contributed by atoms with Crippen LogP contribution >= 0.6 is 31.9 Å². The molecule has 2 rings (SSSR count). The molecule has 5 nitrogen and oxygen atoms in total. The third-order valence-corrected chi connectivity index (χ3v) is 4.43.